The molecule has 0 saturated carbocycles. The molecule has 5 heteroatoms. The lowest BCUT2D eigenvalue weighted by molar-refractivity contribution is -0.860. The molecule has 0 unspecified atom stereocenters. The molecule has 2 aromatic carbocycles. The van der Waals surface area contributed by atoms with E-state index in [9.17, 15) is 9.59 Å². The number of esters is 1. The van der Waals surface area contributed by atoms with E-state index >= 15 is 0 Å². The first kappa shape index (κ1) is 17.7. The summed E-state index contributed by atoms with van der Waals surface area (Å²) in [6, 6.07) is 16.3. The minimum Gasteiger partial charge on any atom is -0.465 e. The number of hydrogen-bond acceptors (Lipinski definition) is 3. The van der Waals surface area contributed by atoms with Crippen LogP contribution in [0.1, 0.15) is 32.3 Å². The second kappa shape index (κ2) is 8.26. The molecule has 0 bridgehead atoms. The van der Waals surface area contributed by atoms with Gasteiger partial charge in [0.05, 0.1) is 26.8 Å². The second-order valence-electron chi connectivity index (χ2n) is 5.92. The molecule has 0 saturated heterocycles. The van der Waals surface area contributed by atoms with Crippen LogP contribution in [0.4, 0.5) is 0 Å². The summed E-state index contributed by atoms with van der Waals surface area (Å²) in [5.74, 6) is -0.582. The zero-order valence-corrected chi connectivity index (χ0v) is 14.2. The number of ether oxygens (including phenoxy) is 1. The van der Waals surface area contributed by atoms with Crippen LogP contribution in [0.15, 0.2) is 54.6 Å². The number of nitrogens with one attached hydrogen (secondary N) is 2. The standard InChI is InChI=1S/C19H22N2O3/c1-21(2)13-17(14-7-5-4-6-8-14)20-18(22)15-9-11-16(12-10-15)19(23)24-3/h4-12,17H,13H2,1-3H3,(H,20,22)/p+1/t17-/m0/s1. The lowest BCUT2D eigenvalue weighted by Gasteiger charge is -2.21. The van der Waals surface area contributed by atoms with Crippen molar-refractivity contribution in [1.82, 2.24) is 5.32 Å². The number of carbonyl (C=O) groups is 2. The van der Waals surface area contributed by atoms with Gasteiger partial charge in [-0.25, -0.2) is 4.79 Å². The lowest BCUT2D eigenvalue weighted by Crippen LogP contribution is -3.06. The molecule has 0 radical (unpaired) electrons. The van der Waals surface area contributed by atoms with Crippen molar-refractivity contribution >= 4 is 11.9 Å². The van der Waals surface area contributed by atoms with Crippen molar-refractivity contribution in [1.29, 1.82) is 0 Å². The van der Waals surface area contributed by atoms with Gasteiger partial charge in [0.1, 0.15) is 12.6 Å². The predicted molar refractivity (Wildman–Crippen MR) is 92.1 cm³/mol. The van der Waals surface area contributed by atoms with Gasteiger partial charge in [0.25, 0.3) is 5.91 Å². The summed E-state index contributed by atoms with van der Waals surface area (Å²) in [5.41, 5.74) is 2.00. The quantitative estimate of drug-likeness (QED) is 0.781. The van der Waals surface area contributed by atoms with Gasteiger partial charge in [0.15, 0.2) is 0 Å². The Bertz CT molecular complexity index is 682. The Labute approximate surface area is 142 Å². The fourth-order valence-electron chi connectivity index (χ4n) is 2.46. The van der Waals surface area contributed by atoms with Crippen LogP contribution in [0, 0.1) is 0 Å². The molecule has 5 nitrogen and oxygen atoms in total. The first-order chi connectivity index (χ1) is 11.5. The Kier molecular flexibility index (Phi) is 6.09. The van der Waals surface area contributed by atoms with Crippen LogP contribution in [-0.4, -0.2) is 39.6 Å². The van der Waals surface area contributed by atoms with E-state index < -0.39 is 5.97 Å². The molecule has 0 heterocycles. The summed E-state index contributed by atoms with van der Waals surface area (Å²) in [5, 5.41) is 3.07. The van der Waals surface area contributed by atoms with E-state index in [0.29, 0.717) is 11.1 Å². The summed E-state index contributed by atoms with van der Waals surface area (Å²) in [6.07, 6.45) is 0. The highest BCUT2D eigenvalue weighted by molar-refractivity contribution is 5.96. The van der Waals surface area contributed by atoms with E-state index in [1.165, 1.54) is 12.0 Å². The molecule has 126 valence electrons. The Morgan fingerprint density at radius 2 is 1.58 bits per heavy atom. The van der Waals surface area contributed by atoms with Gasteiger partial charge in [-0.1, -0.05) is 30.3 Å². The first-order valence-electron chi connectivity index (χ1n) is 7.84. The molecule has 0 spiro atoms. The van der Waals surface area contributed by atoms with Gasteiger partial charge < -0.3 is 15.0 Å². The highest BCUT2D eigenvalue weighted by atomic mass is 16.5. The SMILES string of the molecule is COC(=O)c1ccc(C(=O)N[C@@H](C[NH+](C)C)c2ccccc2)cc1. The minimum absolute atomic E-state index is 0.0796. The van der Waals surface area contributed by atoms with Gasteiger partial charge in [-0.2, -0.15) is 0 Å². The predicted octanol–water partition coefficient (Wildman–Crippen LogP) is 1.09. The van der Waals surface area contributed by atoms with E-state index in [1.54, 1.807) is 24.3 Å². The van der Waals surface area contributed by atoms with Crippen LogP contribution in [0.5, 0.6) is 0 Å². The summed E-state index contributed by atoms with van der Waals surface area (Å²) in [7, 11) is 5.43. The van der Waals surface area contributed by atoms with E-state index in [1.807, 2.05) is 44.4 Å². The summed E-state index contributed by atoms with van der Waals surface area (Å²) >= 11 is 0. The van der Waals surface area contributed by atoms with E-state index in [0.717, 1.165) is 12.1 Å². The number of rotatable bonds is 6. The van der Waals surface area contributed by atoms with Gasteiger partial charge in [0, 0.05) is 5.56 Å². The average molecular weight is 327 g/mol. The fourth-order valence-corrected chi connectivity index (χ4v) is 2.46. The molecule has 1 atom stereocenters. The Hall–Kier alpha value is -2.66. The summed E-state index contributed by atoms with van der Waals surface area (Å²) < 4.78 is 4.66. The van der Waals surface area contributed by atoms with Gasteiger partial charge in [-0.3, -0.25) is 4.79 Å². The molecule has 0 aliphatic carbocycles. The zero-order valence-electron chi connectivity index (χ0n) is 14.2. The molecule has 1 amide bonds. The monoisotopic (exact) mass is 327 g/mol. The third-order valence-electron chi connectivity index (χ3n) is 3.69. The van der Waals surface area contributed by atoms with Crippen molar-refractivity contribution in [3.8, 4) is 0 Å². The number of carbonyl (C=O) groups excluding carboxylic acids is 2. The third-order valence-corrected chi connectivity index (χ3v) is 3.69. The number of methoxy groups -OCH3 is 1. The molecule has 0 aromatic heterocycles. The number of quaternary nitrogens is 1. The fraction of sp³-hybridized carbons (Fsp3) is 0.263. The van der Waals surface area contributed by atoms with Crippen molar-refractivity contribution in [2.75, 3.05) is 27.7 Å². The molecule has 24 heavy (non-hydrogen) atoms. The van der Waals surface area contributed by atoms with Crippen molar-refractivity contribution < 1.29 is 19.2 Å². The van der Waals surface area contributed by atoms with Gasteiger partial charge >= 0.3 is 5.97 Å². The molecule has 2 rings (SSSR count). The topological polar surface area (TPSA) is 59.8 Å². The highest BCUT2D eigenvalue weighted by Crippen LogP contribution is 2.13. The van der Waals surface area contributed by atoms with E-state index in [2.05, 4.69) is 10.1 Å². The molecule has 0 fully saturated rings. The normalized spacial score (nSPS) is 11.8. The highest BCUT2D eigenvalue weighted by Gasteiger charge is 2.18. The van der Waals surface area contributed by atoms with Crippen molar-refractivity contribution in [2.45, 2.75) is 6.04 Å². The summed E-state index contributed by atoms with van der Waals surface area (Å²) in [6.45, 7) is 0.774. The van der Waals surface area contributed by atoms with Crippen molar-refractivity contribution in [3.63, 3.8) is 0 Å². The van der Waals surface area contributed by atoms with Gasteiger partial charge in [-0.05, 0) is 29.8 Å². The minimum atomic E-state index is -0.416. The van der Waals surface area contributed by atoms with E-state index in [-0.39, 0.29) is 11.9 Å². The maximum Gasteiger partial charge on any atom is 0.337 e. The van der Waals surface area contributed by atoms with Crippen LogP contribution in [-0.2, 0) is 4.74 Å². The number of likely N-dealkylation sites (N-methyl/N-ethyl adjacent to an activating group) is 1. The van der Waals surface area contributed by atoms with Crippen LogP contribution in [0.25, 0.3) is 0 Å². The summed E-state index contributed by atoms with van der Waals surface area (Å²) in [4.78, 5) is 25.2. The zero-order chi connectivity index (χ0) is 17.5. The van der Waals surface area contributed by atoms with Crippen LogP contribution < -0.4 is 10.2 Å². The molecule has 2 aromatic rings. The third kappa shape index (κ3) is 4.67. The van der Waals surface area contributed by atoms with Crippen LogP contribution in [0.3, 0.4) is 0 Å². The largest absolute Gasteiger partial charge is 0.465 e. The maximum atomic E-state index is 12.5. The maximum absolute atomic E-state index is 12.5. The Morgan fingerprint density at radius 1 is 1.00 bits per heavy atom. The number of benzene rings is 2. The van der Waals surface area contributed by atoms with Crippen molar-refractivity contribution in [2.24, 2.45) is 0 Å². The van der Waals surface area contributed by atoms with E-state index in [4.69, 9.17) is 0 Å². The Morgan fingerprint density at radius 3 is 2.12 bits per heavy atom. The van der Waals surface area contributed by atoms with Crippen LogP contribution >= 0.6 is 0 Å². The Balaban J connectivity index is 2.14. The number of hydrogen-bond donors (Lipinski definition) is 2. The average Bonchev–Trinajstić information content (AvgIpc) is 2.61. The second-order valence-corrected chi connectivity index (χ2v) is 5.92. The lowest BCUT2D eigenvalue weighted by atomic mass is 10.1. The molecular formula is C19H23N2O3+. The molecule has 0 aliphatic heterocycles. The van der Waals surface area contributed by atoms with Crippen LogP contribution in [0.2, 0.25) is 0 Å². The molecular weight excluding hydrogens is 304 g/mol. The first-order valence-corrected chi connectivity index (χ1v) is 7.84. The molecule has 2 N–H and O–H groups in total. The molecule has 0 aliphatic rings. The van der Waals surface area contributed by atoms with Crippen molar-refractivity contribution in [3.05, 3.63) is 71.3 Å². The van der Waals surface area contributed by atoms with Gasteiger partial charge in [0.2, 0.25) is 0 Å². The smallest absolute Gasteiger partial charge is 0.337 e. The number of amides is 1. The van der Waals surface area contributed by atoms with Gasteiger partial charge in [-0.15, -0.1) is 0 Å².